The standard InChI is InChI=1S/C15H9ClN2S/c16-11-5-3-6-12-14(11)10(8-17-12)15-9-4-1-2-7-13(9)19-18-15/h1-8,17H. The third-order valence-corrected chi connectivity index (χ3v) is 4.43. The lowest BCUT2D eigenvalue weighted by Crippen LogP contribution is -1.77. The summed E-state index contributed by atoms with van der Waals surface area (Å²) >= 11 is 7.85. The predicted octanol–water partition coefficient (Wildman–Crippen LogP) is 5.10. The molecule has 0 unspecified atom stereocenters. The van der Waals surface area contributed by atoms with Gasteiger partial charge >= 0.3 is 0 Å². The third-order valence-electron chi connectivity index (χ3n) is 3.29. The van der Waals surface area contributed by atoms with Crippen molar-refractivity contribution >= 4 is 44.1 Å². The molecule has 0 radical (unpaired) electrons. The van der Waals surface area contributed by atoms with Crippen LogP contribution < -0.4 is 0 Å². The molecule has 0 aliphatic rings. The molecular weight excluding hydrogens is 276 g/mol. The molecule has 4 aromatic rings. The first-order chi connectivity index (χ1) is 9.34. The lowest BCUT2D eigenvalue weighted by atomic mass is 10.1. The van der Waals surface area contributed by atoms with Gasteiger partial charge in [-0.2, -0.15) is 4.37 Å². The predicted molar refractivity (Wildman–Crippen MR) is 81.9 cm³/mol. The minimum atomic E-state index is 0.755. The summed E-state index contributed by atoms with van der Waals surface area (Å²) in [6, 6.07) is 14.2. The van der Waals surface area contributed by atoms with Gasteiger partial charge in [0.05, 0.1) is 15.4 Å². The van der Waals surface area contributed by atoms with Crippen molar-refractivity contribution in [3.8, 4) is 11.3 Å². The van der Waals surface area contributed by atoms with Gasteiger partial charge in [-0.05, 0) is 29.7 Å². The van der Waals surface area contributed by atoms with Crippen LogP contribution in [0.25, 0.3) is 32.2 Å². The number of hydrogen-bond donors (Lipinski definition) is 1. The molecule has 0 saturated heterocycles. The number of benzene rings is 2. The Labute approximate surface area is 118 Å². The van der Waals surface area contributed by atoms with Gasteiger partial charge in [-0.15, -0.1) is 0 Å². The number of fused-ring (bicyclic) bond motifs is 2. The molecule has 0 aliphatic carbocycles. The van der Waals surface area contributed by atoms with E-state index in [9.17, 15) is 0 Å². The second-order valence-corrected chi connectivity index (χ2v) is 5.60. The van der Waals surface area contributed by atoms with Crippen LogP contribution in [0, 0.1) is 0 Å². The van der Waals surface area contributed by atoms with E-state index in [1.165, 1.54) is 21.6 Å². The first kappa shape index (κ1) is 11.0. The van der Waals surface area contributed by atoms with Crippen LogP contribution in [0.1, 0.15) is 0 Å². The molecule has 0 spiro atoms. The molecule has 19 heavy (non-hydrogen) atoms. The van der Waals surface area contributed by atoms with Crippen LogP contribution in [-0.4, -0.2) is 9.36 Å². The smallest absolute Gasteiger partial charge is 0.0941 e. The molecule has 4 heteroatoms. The quantitative estimate of drug-likeness (QED) is 0.518. The zero-order chi connectivity index (χ0) is 12.8. The van der Waals surface area contributed by atoms with Crippen molar-refractivity contribution in [3.05, 3.63) is 53.7 Å². The summed E-state index contributed by atoms with van der Waals surface area (Å²) in [6.45, 7) is 0. The normalized spacial score (nSPS) is 11.4. The Bertz CT molecular complexity index is 891. The monoisotopic (exact) mass is 284 g/mol. The fourth-order valence-corrected chi connectivity index (χ4v) is 3.47. The van der Waals surface area contributed by atoms with Gasteiger partial charge in [0, 0.05) is 28.0 Å². The number of nitrogens with zero attached hydrogens (tertiary/aromatic N) is 1. The van der Waals surface area contributed by atoms with Crippen LogP contribution in [0.5, 0.6) is 0 Å². The van der Waals surface area contributed by atoms with Crippen molar-refractivity contribution in [2.45, 2.75) is 0 Å². The van der Waals surface area contributed by atoms with E-state index in [0.29, 0.717) is 0 Å². The fraction of sp³-hybridized carbons (Fsp3) is 0. The number of aromatic amines is 1. The van der Waals surface area contributed by atoms with E-state index in [2.05, 4.69) is 21.5 Å². The van der Waals surface area contributed by atoms with Crippen molar-refractivity contribution in [2.24, 2.45) is 0 Å². The van der Waals surface area contributed by atoms with E-state index in [4.69, 9.17) is 11.6 Å². The molecule has 92 valence electrons. The summed E-state index contributed by atoms with van der Waals surface area (Å²) in [4.78, 5) is 3.26. The molecule has 2 heterocycles. The van der Waals surface area contributed by atoms with Crippen molar-refractivity contribution in [3.63, 3.8) is 0 Å². The van der Waals surface area contributed by atoms with E-state index in [0.717, 1.165) is 27.2 Å². The van der Waals surface area contributed by atoms with Crippen LogP contribution in [0.2, 0.25) is 5.02 Å². The van der Waals surface area contributed by atoms with Gasteiger partial charge in [-0.25, -0.2) is 0 Å². The molecule has 0 atom stereocenters. The summed E-state index contributed by atoms with van der Waals surface area (Å²) in [5, 5.41) is 2.97. The Morgan fingerprint density at radius 3 is 2.89 bits per heavy atom. The summed E-state index contributed by atoms with van der Waals surface area (Å²) < 4.78 is 5.79. The van der Waals surface area contributed by atoms with Crippen molar-refractivity contribution in [1.29, 1.82) is 0 Å². The summed E-state index contributed by atoms with van der Waals surface area (Å²) in [5.74, 6) is 0. The molecule has 0 bridgehead atoms. The van der Waals surface area contributed by atoms with Gasteiger partial charge in [0.15, 0.2) is 0 Å². The van der Waals surface area contributed by atoms with Gasteiger partial charge in [0.25, 0.3) is 0 Å². The Balaban J connectivity index is 2.10. The Morgan fingerprint density at radius 1 is 1.05 bits per heavy atom. The Kier molecular flexibility index (Phi) is 2.37. The zero-order valence-corrected chi connectivity index (χ0v) is 11.4. The first-order valence-corrected chi connectivity index (χ1v) is 7.10. The number of H-pyrrole nitrogens is 1. The largest absolute Gasteiger partial charge is 0.360 e. The number of hydrogen-bond acceptors (Lipinski definition) is 2. The van der Waals surface area contributed by atoms with E-state index >= 15 is 0 Å². The maximum atomic E-state index is 6.33. The summed E-state index contributed by atoms with van der Waals surface area (Å²) in [7, 11) is 0. The van der Waals surface area contributed by atoms with Crippen LogP contribution >= 0.6 is 23.1 Å². The second kappa shape index (κ2) is 4.08. The van der Waals surface area contributed by atoms with Crippen LogP contribution in [0.4, 0.5) is 0 Å². The van der Waals surface area contributed by atoms with Gasteiger partial charge in [-0.1, -0.05) is 35.9 Å². The third kappa shape index (κ3) is 1.59. The molecule has 0 amide bonds. The van der Waals surface area contributed by atoms with Crippen molar-refractivity contribution in [1.82, 2.24) is 9.36 Å². The van der Waals surface area contributed by atoms with E-state index in [1.807, 2.05) is 36.5 Å². The average molecular weight is 285 g/mol. The van der Waals surface area contributed by atoms with Crippen LogP contribution in [0.3, 0.4) is 0 Å². The molecule has 0 fully saturated rings. The lowest BCUT2D eigenvalue weighted by molar-refractivity contribution is 1.46. The fourth-order valence-electron chi connectivity index (χ4n) is 2.41. The molecule has 2 aromatic heterocycles. The molecule has 4 rings (SSSR count). The average Bonchev–Trinajstić information content (AvgIpc) is 3.02. The highest BCUT2D eigenvalue weighted by Gasteiger charge is 2.14. The Hall–Kier alpha value is -1.84. The van der Waals surface area contributed by atoms with E-state index < -0.39 is 0 Å². The van der Waals surface area contributed by atoms with Crippen molar-refractivity contribution < 1.29 is 0 Å². The number of rotatable bonds is 1. The van der Waals surface area contributed by atoms with Crippen LogP contribution in [0.15, 0.2) is 48.7 Å². The summed E-state index contributed by atoms with van der Waals surface area (Å²) in [6.07, 6.45) is 1.98. The topological polar surface area (TPSA) is 28.7 Å². The highest BCUT2D eigenvalue weighted by Crippen LogP contribution is 2.37. The van der Waals surface area contributed by atoms with E-state index in [-0.39, 0.29) is 0 Å². The Morgan fingerprint density at radius 2 is 1.95 bits per heavy atom. The lowest BCUT2D eigenvalue weighted by Gasteiger charge is -1.98. The van der Waals surface area contributed by atoms with Crippen LogP contribution in [-0.2, 0) is 0 Å². The first-order valence-electron chi connectivity index (χ1n) is 5.95. The SMILES string of the molecule is Clc1cccc2[nH]cc(-c3nsc4ccccc34)c12. The second-order valence-electron chi connectivity index (χ2n) is 4.39. The minimum Gasteiger partial charge on any atom is -0.360 e. The molecular formula is C15H9ClN2S. The van der Waals surface area contributed by atoms with Crippen molar-refractivity contribution in [2.75, 3.05) is 0 Å². The van der Waals surface area contributed by atoms with Gasteiger partial charge < -0.3 is 4.98 Å². The number of aromatic nitrogens is 2. The maximum absolute atomic E-state index is 6.33. The molecule has 2 nitrogen and oxygen atoms in total. The number of nitrogens with one attached hydrogen (secondary N) is 1. The van der Waals surface area contributed by atoms with Gasteiger partial charge in [0.1, 0.15) is 0 Å². The van der Waals surface area contributed by atoms with Gasteiger partial charge in [0.2, 0.25) is 0 Å². The molecule has 0 saturated carbocycles. The zero-order valence-electron chi connectivity index (χ0n) is 9.85. The maximum Gasteiger partial charge on any atom is 0.0941 e. The minimum absolute atomic E-state index is 0.755. The van der Waals surface area contributed by atoms with Gasteiger partial charge in [-0.3, -0.25) is 0 Å². The molecule has 0 aliphatic heterocycles. The number of halogens is 1. The highest BCUT2D eigenvalue weighted by molar-refractivity contribution is 7.13. The summed E-state index contributed by atoms with van der Waals surface area (Å²) in [5.41, 5.74) is 3.11. The van der Waals surface area contributed by atoms with E-state index in [1.54, 1.807) is 0 Å². The molecule has 2 aromatic carbocycles. The highest BCUT2D eigenvalue weighted by atomic mass is 35.5. The molecule has 1 N–H and O–H groups in total.